The van der Waals surface area contributed by atoms with Crippen molar-refractivity contribution in [3.63, 3.8) is 0 Å². The van der Waals surface area contributed by atoms with E-state index in [9.17, 15) is 9.46 Å². The maximum atomic E-state index is 11.5. The van der Waals surface area contributed by atoms with E-state index < -0.39 is 7.82 Å². The molecule has 0 radical (unpaired) electrons. The van der Waals surface area contributed by atoms with Gasteiger partial charge in [-0.25, -0.2) is 4.57 Å². The highest BCUT2D eigenvalue weighted by atomic mass is 79.9. The van der Waals surface area contributed by atoms with E-state index in [4.69, 9.17) is 9.05 Å². The van der Waals surface area contributed by atoms with Crippen LogP contribution in [0.4, 0.5) is 0 Å². The predicted octanol–water partition coefficient (Wildman–Crippen LogP) is 4.90. The third-order valence-electron chi connectivity index (χ3n) is 2.71. The third-order valence-corrected chi connectivity index (χ3v) is 4.29. The molecule has 0 aromatic rings. The average molecular weight is 359 g/mol. The first-order valence-electron chi connectivity index (χ1n) is 7.16. The van der Waals surface area contributed by atoms with Gasteiger partial charge in [0.1, 0.15) is 0 Å². The minimum atomic E-state index is -3.82. The normalized spacial score (nSPS) is 14.8. The highest BCUT2D eigenvalue weighted by Gasteiger charge is 2.19. The molecule has 1 unspecified atom stereocenters. The smallest absolute Gasteiger partial charge is 0.302 e. The molecule has 1 N–H and O–H groups in total. The van der Waals surface area contributed by atoms with Gasteiger partial charge in [-0.15, -0.1) is 0 Å². The summed E-state index contributed by atoms with van der Waals surface area (Å²) in [7, 11) is -3.82. The Morgan fingerprint density at radius 1 is 1.00 bits per heavy atom. The Bertz CT molecular complexity index is 249. The second-order valence-electron chi connectivity index (χ2n) is 5.13. The van der Waals surface area contributed by atoms with Crippen molar-refractivity contribution in [3.8, 4) is 0 Å². The summed E-state index contributed by atoms with van der Waals surface area (Å²) in [4.78, 5) is 9.39. The Hall–Kier alpha value is 0.590. The summed E-state index contributed by atoms with van der Waals surface area (Å²) in [5, 5.41) is 0.878. The van der Waals surface area contributed by atoms with Gasteiger partial charge in [0.2, 0.25) is 0 Å². The molecular weight excluding hydrogens is 331 g/mol. The first-order chi connectivity index (χ1) is 8.98. The van der Waals surface area contributed by atoms with Crippen LogP contribution < -0.4 is 0 Å². The lowest BCUT2D eigenvalue weighted by Crippen LogP contribution is -1.99. The van der Waals surface area contributed by atoms with Crippen LogP contribution in [-0.2, 0) is 13.6 Å². The molecule has 0 aliphatic rings. The summed E-state index contributed by atoms with van der Waals surface area (Å²) in [5.41, 5.74) is 0. The van der Waals surface area contributed by atoms with Crippen molar-refractivity contribution in [2.75, 3.05) is 18.5 Å². The molecule has 0 aromatic carbocycles. The molecule has 0 rings (SSSR count). The van der Waals surface area contributed by atoms with Crippen molar-refractivity contribution in [1.29, 1.82) is 0 Å². The fraction of sp³-hybridized carbons (Fsp3) is 1.00. The molecule has 0 saturated heterocycles. The summed E-state index contributed by atoms with van der Waals surface area (Å²) in [6, 6.07) is 0. The molecule has 0 aliphatic heterocycles. The van der Waals surface area contributed by atoms with Crippen molar-refractivity contribution in [3.05, 3.63) is 0 Å². The quantitative estimate of drug-likeness (QED) is 0.289. The topological polar surface area (TPSA) is 55.8 Å². The van der Waals surface area contributed by atoms with Gasteiger partial charge in [-0.2, -0.15) is 0 Å². The van der Waals surface area contributed by atoms with Crippen LogP contribution in [-0.4, -0.2) is 23.4 Å². The maximum absolute atomic E-state index is 11.5. The van der Waals surface area contributed by atoms with E-state index in [2.05, 4.69) is 29.8 Å². The molecular formula is C13H28BrO4P. The highest BCUT2D eigenvalue weighted by molar-refractivity contribution is 9.09. The number of phosphoric ester groups is 1. The molecule has 6 heteroatoms. The van der Waals surface area contributed by atoms with Crippen molar-refractivity contribution in [1.82, 2.24) is 0 Å². The number of hydrogen-bond donors (Lipinski definition) is 1. The molecule has 0 heterocycles. The number of unbranched alkanes of at least 4 members (excludes halogenated alkanes) is 4. The number of alkyl halides is 1. The van der Waals surface area contributed by atoms with Crippen LogP contribution in [0.25, 0.3) is 0 Å². The van der Waals surface area contributed by atoms with Crippen LogP contribution in [0.5, 0.6) is 0 Å². The average Bonchev–Trinajstić information content (AvgIpc) is 2.33. The van der Waals surface area contributed by atoms with Gasteiger partial charge in [-0.05, 0) is 25.2 Å². The molecule has 19 heavy (non-hydrogen) atoms. The van der Waals surface area contributed by atoms with Crippen LogP contribution in [0.1, 0.15) is 58.8 Å². The van der Waals surface area contributed by atoms with Crippen LogP contribution in [0.15, 0.2) is 0 Å². The largest absolute Gasteiger partial charge is 0.472 e. The van der Waals surface area contributed by atoms with Gasteiger partial charge in [0, 0.05) is 5.33 Å². The lowest BCUT2D eigenvalue weighted by molar-refractivity contribution is 0.146. The standard InChI is InChI=1S/C13H28BrO4P/c1-13(2)9-5-3-4-7-11-17-19(15,16)18-12-8-6-10-14/h13H,3-12H2,1-2H3,(H,15,16). The second kappa shape index (κ2) is 12.3. The van der Waals surface area contributed by atoms with E-state index in [1.165, 1.54) is 12.8 Å². The zero-order valence-corrected chi connectivity index (χ0v) is 14.6. The summed E-state index contributed by atoms with van der Waals surface area (Å²) in [6.07, 6.45) is 7.16. The number of phosphoric acid groups is 1. The Morgan fingerprint density at radius 3 is 2.05 bits per heavy atom. The molecule has 0 saturated carbocycles. The Labute approximate surface area is 126 Å². The Morgan fingerprint density at radius 2 is 1.53 bits per heavy atom. The summed E-state index contributed by atoms with van der Waals surface area (Å²) in [6.45, 7) is 5.01. The molecule has 1 atom stereocenters. The first kappa shape index (κ1) is 19.6. The fourth-order valence-corrected chi connectivity index (χ4v) is 2.79. The molecule has 0 aromatic heterocycles. The van der Waals surface area contributed by atoms with Crippen molar-refractivity contribution < 1.29 is 18.5 Å². The fourth-order valence-electron chi connectivity index (χ4n) is 1.60. The zero-order chi connectivity index (χ0) is 14.6. The molecule has 0 aliphatic carbocycles. The highest BCUT2D eigenvalue weighted by Crippen LogP contribution is 2.43. The minimum Gasteiger partial charge on any atom is -0.302 e. The maximum Gasteiger partial charge on any atom is 0.472 e. The van der Waals surface area contributed by atoms with Gasteiger partial charge in [-0.1, -0.05) is 55.5 Å². The summed E-state index contributed by atoms with van der Waals surface area (Å²) < 4.78 is 21.2. The van der Waals surface area contributed by atoms with Gasteiger partial charge in [-0.3, -0.25) is 9.05 Å². The van der Waals surface area contributed by atoms with Gasteiger partial charge in [0.05, 0.1) is 13.2 Å². The molecule has 4 nitrogen and oxygen atoms in total. The summed E-state index contributed by atoms with van der Waals surface area (Å²) >= 11 is 3.29. The van der Waals surface area contributed by atoms with Gasteiger partial charge in [0.25, 0.3) is 0 Å². The van der Waals surface area contributed by atoms with Crippen LogP contribution in [0.2, 0.25) is 0 Å². The number of halogens is 1. The minimum absolute atomic E-state index is 0.272. The van der Waals surface area contributed by atoms with Gasteiger partial charge < -0.3 is 4.89 Å². The van der Waals surface area contributed by atoms with Crippen LogP contribution in [0.3, 0.4) is 0 Å². The van der Waals surface area contributed by atoms with E-state index in [-0.39, 0.29) is 6.61 Å². The van der Waals surface area contributed by atoms with Gasteiger partial charge in [0.15, 0.2) is 0 Å². The lowest BCUT2D eigenvalue weighted by Gasteiger charge is -2.11. The molecule has 0 amide bonds. The van der Waals surface area contributed by atoms with Crippen molar-refractivity contribution >= 4 is 23.8 Å². The van der Waals surface area contributed by atoms with Crippen molar-refractivity contribution in [2.24, 2.45) is 5.92 Å². The first-order valence-corrected chi connectivity index (χ1v) is 9.77. The monoisotopic (exact) mass is 358 g/mol. The van der Waals surface area contributed by atoms with E-state index in [0.29, 0.717) is 6.61 Å². The second-order valence-corrected chi connectivity index (χ2v) is 7.37. The van der Waals surface area contributed by atoms with Gasteiger partial charge >= 0.3 is 7.82 Å². The lowest BCUT2D eigenvalue weighted by atomic mass is 10.0. The molecule has 0 spiro atoms. The Balaban J connectivity index is 3.40. The molecule has 0 bridgehead atoms. The van der Waals surface area contributed by atoms with E-state index >= 15 is 0 Å². The molecule has 116 valence electrons. The van der Waals surface area contributed by atoms with Crippen molar-refractivity contribution in [2.45, 2.75) is 58.8 Å². The SMILES string of the molecule is CC(C)CCCCCCOP(=O)(O)OCCCCBr. The van der Waals surface area contributed by atoms with Crippen LogP contribution in [0, 0.1) is 5.92 Å². The number of hydrogen-bond acceptors (Lipinski definition) is 3. The summed E-state index contributed by atoms with van der Waals surface area (Å²) in [5.74, 6) is 0.752. The zero-order valence-electron chi connectivity index (χ0n) is 12.1. The predicted molar refractivity (Wildman–Crippen MR) is 82.7 cm³/mol. The van der Waals surface area contributed by atoms with E-state index in [1.807, 2.05) is 0 Å². The van der Waals surface area contributed by atoms with E-state index in [0.717, 1.165) is 43.4 Å². The van der Waals surface area contributed by atoms with Crippen LogP contribution >= 0.6 is 23.8 Å². The molecule has 0 fully saturated rings. The third kappa shape index (κ3) is 14.8. The Kier molecular flexibility index (Phi) is 12.7. The number of rotatable bonds is 13. The van der Waals surface area contributed by atoms with E-state index in [1.54, 1.807) is 0 Å².